The molecule has 0 radical (unpaired) electrons. The molecule has 0 saturated carbocycles. The van der Waals surface area contributed by atoms with E-state index in [2.05, 4.69) is 12.1 Å². The van der Waals surface area contributed by atoms with Crippen LogP contribution < -0.4 is 37.9 Å². The molecule has 0 amide bonds. The van der Waals surface area contributed by atoms with E-state index in [-0.39, 0.29) is 45.0 Å². The minimum Gasteiger partial charge on any atom is -0.488 e. The number of carbonyl (C=O) groups is 1. The summed E-state index contributed by atoms with van der Waals surface area (Å²) < 4.78 is 61.5. The Morgan fingerprint density at radius 1 is 0.341 bits per heavy atom. The molecule has 11 aromatic carbocycles. The van der Waals surface area contributed by atoms with E-state index in [1.165, 1.54) is 0 Å². The predicted molar refractivity (Wildman–Crippen MR) is 340 cm³/mol. The van der Waals surface area contributed by atoms with Gasteiger partial charge in [0.1, 0.15) is 69.6 Å². The summed E-state index contributed by atoms with van der Waals surface area (Å²) in [5.74, 6) is 3.02. The van der Waals surface area contributed by atoms with Crippen molar-refractivity contribution in [1.82, 2.24) is 0 Å². The zero-order valence-corrected chi connectivity index (χ0v) is 48.7. The number of rotatable bonds is 26. The molecular weight excluding hydrogens is 1100 g/mol. The molecule has 0 saturated heterocycles. The molecule has 10 heteroatoms. The lowest BCUT2D eigenvalue weighted by Crippen LogP contribution is -2.35. The molecule has 1 aliphatic heterocycles. The van der Waals surface area contributed by atoms with Crippen LogP contribution in [0.3, 0.4) is 0 Å². The summed E-state index contributed by atoms with van der Waals surface area (Å²) in [6.45, 7) is 1.69. The molecule has 2 atom stereocenters. The van der Waals surface area contributed by atoms with Crippen molar-refractivity contribution in [3.8, 4) is 46.0 Å². The number of carbonyl (C=O) groups excluding carboxylic acids is 1. The summed E-state index contributed by atoms with van der Waals surface area (Å²) in [5.41, 5.74) is 10.2. The van der Waals surface area contributed by atoms with Crippen LogP contribution in [0, 0.1) is 0 Å². The van der Waals surface area contributed by atoms with E-state index in [0.29, 0.717) is 71.2 Å². The Morgan fingerprint density at radius 3 is 1.11 bits per heavy atom. The maximum atomic E-state index is 15.6. The SMILES string of the molecule is O=C(O[C@H]1Cc2c(OCc3ccccc3)cc(OCc3ccccc3)c(Cc3ccccc3)c2O[C@@H]1c1ccc(OCc2ccccc2)c(OCc2ccccc2)c1)c1cc(OCc2ccccc2)c(OCc2ccccc2)c(OCc2ccccc2)c1. The molecule has 438 valence electrons. The van der Waals surface area contributed by atoms with Gasteiger partial charge in [0.25, 0.3) is 0 Å². The number of hydrogen-bond donors (Lipinski definition) is 0. The van der Waals surface area contributed by atoms with E-state index in [1.54, 1.807) is 12.1 Å². The van der Waals surface area contributed by atoms with Gasteiger partial charge in [0.05, 0.1) is 5.56 Å². The molecule has 1 aliphatic rings. The second kappa shape index (κ2) is 28.9. The molecule has 88 heavy (non-hydrogen) atoms. The van der Waals surface area contributed by atoms with E-state index in [4.69, 9.17) is 42.6 Å². The van der Waals surface area contributed by atoms with Gasteiger partial charge in [0, 0.05) is 35.6 Å². The van der Waals surface area contributed by atoms with Crippen molar-refractivity contribution < 1.29 is 47.4 Å². The summed E-state index contributed by atoms with van der Waals surface area (Å²) >= 11 is 0. The fraction of sp³-hybridized carbons (Fsp3) is 0.141. The molecule has 12 rings (SSSR count). The quantitative estimate of drug-likeness (QED) is 0.0487. The van der Waals surface area contributed by atoms with Gasteiger partial charge in [0.15, 0.2) is 29.1 Å². The Morgan fingerprint density at radius 2 is 0.693 bits per heavy atom. The first-order chi connectivity index (χ1) is 43.5. The highest BCUT2D eigenvalue weighted by atomic mass is 16.6. The zero-order chi connectivity index (χ0) is 59.5. The van der Waals surface area contributed by atoms with Crippen LogP contribution >= 0.6 is 0 Å². The van der Waals surface area contributed by atoms with Crippen LogP contribution in [0.4, 0.5) is 0 Å². The summed E-state index contributed by atoms with van der Waals surface area (Å²) in [6, 6.07) is 91.0. The van der Waals surface area contributed by atoms with Gasteiger partial charge >= 0.3 is 5.97 Å². The van der Waals surface area contributed by atoms with Crippen molar-refractivity contribution in [2.75, 3.05) is 0 Å². The van der Waals surface area contributed by atoms with Gasteiger partial charge < -0.3 is 42.6 Å². The topological polar surface area (TPSA) is 100 Å². The Balaban J connectivity index is 0.983. The van der Waals surface area contributed by atoms with E-state index < -0.39 is 18.2 Å². The number of esters is 1. The standard InChI is InChI=1S/C78H66O10/c79-78(65-45-72(84-53-61-35-19-6-20-36-61)77(86-55-63-39-23-8-24-40-63)73(46-65)85-54-62-37-21-7-22-38-62)87-74-47-67-70(82-51-59-31-15-4-16-32-59)48-69(81-50-58-29-13-3-14-30-58)66(43-56-25-9-1-10-26-56)76(67)88-75(74)64-41-42-68(80-49-57-27-11-2-12-28-57)71(44-64)83-52-60-33-17-5-18-34-60/h1-42,44-46,48,74-75H,43,47,49-55H2/t74-,75+/m0/s1. The normalized spacial score (nSPS) is 13.2. The number of benzene rings is 11. The van der Waals surface area contributed by atoms with Crippen LogP contribution in [0.1, 0.15) is 77.7 Å². The zero-order valence-electron chi connectivity index (χ0n) is 48.7. The highest BCUT2D eigenvalue weighted by molar-refractivity contribution is 5.91. The first-order valence-electron chi connectivity index (χ1n) is 29.6. The third-order valence-electron chi connectivity index (χ3n) is 15.1. The molecule has 0 spiro atoms. The third-order valence-corrected chi connectivity index (χ3v) is 15.1. The van der Waals surface area contributed by atoms with Crippen molar-refractivity contribution in [3.63, 3.8) is 0 Å². The fourth-order valence-electron chi connectivity index (χ4n) is 10.5. The highest BCUT2D eigenvalue weighted by Gasteiger charge is 2.40. The Bertz CT molecular complexity index is 3920. The van der Waals surface area contributed by atoms with Gasteiger partial charge in [-0.1, -0.05) is 249 Å². The van der Waals surface area contributed by atoms with Crippen molar-refractivity contribution in [1.29, 1.82) is 0 Å². The van der Waals surface area contributed by atoms with Gasteiger partial charge in [-0.2, -0.15) is 0 Å². The van der Waals surface area contributed by atoms with E-state index >= 15 is 4.79 Å². The van der Waals surface area contributed by atoms with Crippen molar-refractivity contribution >= 4 is 5.97 Å². The van der Waals surface area contributed by atoms with Crippen LogP contribution in [-0.4, -0.2) is 12.1 Å². The Kier molecular flexibility index (Phi) is 19.0. The first-order valence-corrected chi connectivity index (χ1v) is 29.6. The van der Waals surface area contributed by atoms with E-state index in [9.17, 15) is 0 Å². The average Bonchev–Trinajstić information content (AvgIpc) is 1.77. The van der Waals surface area contributed by atoms with Gasteiger partial charge in [0.2, 0.25) is 5.75 Å². The van der Waals surface area contributed by atoms with Crippen molar-refractivity contribution in [2.45, 2.75) is 71.3 Å². The molecule has 11 aromatic rings. The molecule has 0 fully saturated rings. The highest BCUT2D eigenvalue weighted by Crippen LogP contribution is 2.50. The molecular formula is C78H66O10. The second-order valence-electron chi connectivity index (χ2n) is 21.4. The minimum atomic E-state index is -0.964. The third kappa shape index (κ3) is 15.2. The number of hydrogen-bond acceptors (Lipinski definition) is 10. The number of ether oxygens (including phenoxy) is 9. The number of fused-ring (bicyclic) bond motifs is 1. The molecule has 0 N–H and O–H groups in total. The predicted octanol–water partition coefficient (Wildman–Crippen LogP) is 17.2. The lowest BCUT2D eigenvalue weighted by molar-refractivity contribution is -0.0194. The van der Waals surface area contributed by atoms with Gasteiger partial charge in [-0.3, -0.25) is 0 Å². The lowest BCUT2D eigenvalue weighted by atomic mass is 9.90. The average molecular weight is 1160 g/mol. The molecule has 0 aromatic heterocycles. The molecule has 10 nitrogen and oxygen atoms in total. The Labute approximate surface area is 514 Å². The lowest BCUT2D eigenvalue weighted by Gasteiger charge is -2.36. The monoisotopic (exact) mass is 1160 g/mol. The van der Waals surface area contributed by atoms with Gasteiger partial charge in [-0.25, -0.2) is 4.79 Å². The van der Waals surface area contributed by atoms with Crippen LogP contribution in [0.2, 0.25) is 0 Å². The second-order valence-corrected chi connectivity index (χ2v) is 21.4. The van der Waals surface area contributed by atoms with Crippen molar-refractivity contribution in [2.24, 2.45) is 0 Å². The maximum absolute atomic E-state index is 15.6. The van der Waals surface area contributed by atoms with E-state index in [0.717, 1.165) is 55.6 Å². The van der Waals surface area contributed by atoms with Gasteiger partial charge in [-0.05, 0) is 68.8 Å². The molecule has 0 aliphatic carbocycles. The first kappa shape index (κ1) is 57.7. The van der Waals surface area contributed by atoms with Crippen LogP contribution in [0.25, 0.3) is 0 Å². The van der Waals surface area contributed by atoms with Crippen LogP contribution in [0.5, 0.6) is 46.0 Å². The minimum absolute atomic E-state index is 0.175. The smallest absolute Gasteiger partial charge is 0.338 e. The molecule has 1 heterocycles. The summed E-state index contributed by atoms with van der Waals surface area (Å²) in [6.07, 6.45) is -1.25. The van der Waals surface area contributed by atoms with Crippen LogP contribution in [-0.2, 0) is 63.8 Å². The van der Waals surface area contributed by atoms with Crippen molar-refractivity contribution in [3.05, 3.63) is 346 Å². The summed E-state index contributed by atoms with van der Waals surface area (Å²) in [4.78, 5) is 15.6. The maximum Gasteiger partial charge on any atom is 0.338 e. The molecule has 0 bridgehead atoms. The van der Waals surface area contributed by atoms with Gasteiger partial charge in [-0.15, -0.1) is 0 Å². The fourth-order valence-corrected chi connectivity index (χ4v) is 10.5. The largest absolute Gasteiger partial charge is 0.488 e. The summed E-state index contributed by atoms with van der Waals surface area (Å²) in [5, 5.41) is 0. The Hall–Kier alpha value is -10.7. The van der Waals surface area contributed by atoms with E-state index in [1.807, 2.05) is 255 Å². The molecule has 0 unspecified atom stereocenters. The summed E-state index contributed by atoms with van der Waals surface area (Å²) in [7, 11) is 0. The van der Waals surface area contributed by atoms with Crippen LogP contribution in [0.15, 0.2) is 279 Å².